The highest BCUT2D eigenvalue weighted by Gasteiger charge is 2.42. The number of nitrogens with zero attached hydrogens (tertiary/aromatic N) is 3. The number of morpholine rings is 1. The molecule has 0 aromatic heterocycles. The Morgan fingerprint density at radius 2 is 1.95 bits per heavy atom. The SMILES string of the molecule is CN(C)C(=O)CN1CCOC[C@@]2(C1)CN(S(C)(=O)=O)CCO2. The largest absolute Gasteiger partial charge is 0.377 e. The normalized spacial score (nSPS) is 28.5. The van der Waals surface area contributed by atoms with Crippen molar-refractivity contribution in [3.05, 3.63) is 0 Å². The van der Waals surface area contributed by atoms with E-state index in [1.54, 1.807) is 19.0 Å². The Morgan fingerprint density at radius 3 is 2.59 bits per heavy atom. The zero-order valence-corrected chi connectivity index (χ0v) is 14.3. The third-order valence-corrected chi connectivity index (χ3v) is 5.22. The van der Waals surface area contributed by atoms with E-state index in [1.807, 2.05) is 4.90 Å². The lowest BCUT2D eigenvalue weighted by atomic mass is 10.0. The second kappa shape index (κ2) is 6.79. The molecule has 1 spiro atoms. The fourth-order valence-electron chi connectivity index (χ4n) is 2.73. The summed E-state index contributed by atoms with van der Waals surface area (Å²) >= 11 is 0. The third kappa shape index (κ3) is 4.39. The smallest absolute Gasteiger partial charge is 0.236 e. The first-order chi connectivity index (χ1) is 10.2. The zero-order valence-electron chi connectivity index (χ0n) is 13.4. The minimum atomic E-state index is -3.26. The number of rotatable bonds is 3. The fraction of sp³-hybridized carbons (Fsp3) is 0.923. The number of ether oxygens (including phenoxy) is 2. The monoisotopic (exact) mass is 335 g/mol. The van der Waals surface area contributed by atoms with Gasteiger partial charge in [-0.05, 0) is 0 Å². The number of amides is 1. The first-order valence-corrected chi connectivity index (χ1v) is 9.16. The topological polar surface area (TPSA) is 79.4 Å². The van der Waals surface area contributed by atoms with Gasteiger partial charge in [-0.3, -0.25) is 9.69 Å². The average Bonchev–Trinajstić information content (AvgIpc) is 2.60. The van der Waals surface area contributed by atoms with Crippen LogP contribution in [-0.4, -0.2) is 107 Å². The van der Waals surface area contributed by atoms with Gasteiger partial charge in [0.05, 0.1) is 32.6 Å². The molecular formula is C13H25N3O5S. The second-order valence-electron chi connectivity index (χ2n) is 6.18. The van der Waals surface area contributed by atoms with Crippen LogP contribution in [0.1, 0.15) is 0 Å². The molecule has 0 N–H and O–H groups in total. The van der Waals surface area contributed by atoms with Gasteiger partial charge in [-0.15, -0.1) is 0 Å². The van der Waals surface area contributed by atoms with E-state index in [1.165, 1.54) is 10.6 Å². The first-order valence-electron chi connectivity index (χ1n) is 7.31. The summed E-state index contributed by atoms with van der Waals surface area (Å²) in [5.74, 6) is 0.00725. The Kier molecular flexibility index (Phi) is 5.44. The molecule has 2 heterocycles. The van der Waals surface area contributed by atoms with Gasteiger partial charge in [-0.2, -0.15) is 4.31 Å². The van der Waals surface area contributed by atoms with Crippen LogP contribution in [0.2, 0.25) is 0 Å². The van der Waals surface area contributed by atoms with Gasteiger partial charge < -0.3 is 14.4 Å². The summed E-state index contributed by atoms with van der Waals surface area (Å²) in [6.45, 7) is 3.19. The summed E-state index contributed by atoms with van der Waals surface area (Å²) in [6, 6.07) is 0. The fourth-order valence-corrected chi connectivity index (χ4v) is 3.60. The Bertz CT molecular complexity index is 510. The van der Waals surface area contributed by atoms with Gasteiger partial charge in [0.15, 0.2) is 0 Å². The zero-order chi connectivity index (χ0) is 16.4. The quantitative estimate of drug-likeness (QED) is 0.620. The van der Waals surface area contributed by atoms with Crippen LogP contribution in [0.4, 0.5) is 0 Å². The molecule has 9 heteroatoms. The lowest BCUT2D eigenvalue weighted by Gasteiger charge is -2.42. The van der Waals surface area contributed by atoms with E-state index in [9.17, 15) is 13.2 Å². The maximum Gasteiger partial charge on any atom is 0.236 e. The van der Waals surface area contributed by atoms with E-state index in [0.29, 0.717) is 39.5 Å². The average molecular weight is 335 g/mol. The van der Waals surface area contributed by atoms with Crippen molar-refractivity contribution >= 4 is 15.9 Å². The van der Waals surface area contributed by atoms with Gasteiger partial charge in [-0.1, -0.05) is 0 Å². The lowest BCUT2D eigenvalue weighted by molar-refractivity contribution is -0.135. The van der Waals surface area contributed by atoms with Crippen LogP contribution < -0.4 is 0 Å². The Labute approximate surface area is 132 Å². The van der Waals surface area contributed by atoms with Crippen LogP contribution >= 0.6 is 0 Å². The van der Waals surface area contributed by atoms with Gasteiger partial charge in [0.1, 0.15) is 5.60 Å². The molecule has 0 aromatic carbocycles. The van der Waals surface area contributed by atoms with Crippen molar-refractivity contribution in [2.45, 2.75) is 5.60 Å². The summed E-state index contributed by atoms with van der Waals surface area (Å²) in [6.07, 6.45) is 1.21. The molecule has 0 bridgehead atoms. The van der Waals surface area contributed by atoms with E-state index >= 15 is 0 Å². The van der Waals surface area contributed by atoms with E-state index in [2.05, 4.69) is 0 Å². The van der Waals surface area contributed by atoms with Crippen LogP contribution in [0, 0.1) is 0 Å². The molecule has 0 radical (unpaired) electrons. The molecule has 2 saturated heterocycles. The number of hydrogen-bond acceptors (Lipinski definition) is 6. The molecule has 2 fully saturated rings. The van der Waals surface area contributed by atoms with Crippen molar-refractivity contribution in [3.63, 3.8) is 0 Å². The summed E-state index contributed by atoms with van der Waals surface area (Å²) in [4.78, 5) is 15.4. The minimum Gasteiger partial charge on any atom is -0.377 e. The molecular weight excluding hydrogens is 310 g/mol. The standard InChI is InChI=1S/C13H25N3O5S/c1-14(2)12(17)8-15-4-6-20-11-13(9-15)10-16(5-7-21-13)22(3,18)19/h4-11H2,1-3H3/t13-/m1/s1. The Balaban J connectivity index is 2.09. The molecule has 8 nitrogen and oxygen atoms in total. The van der Waals surface area contributed by atoms with Crippen LogP contribution in [0.15, 0.2) is 0 Å². The molecule has 1 amide bonds. The van der Waals surface area contributed by atoms with Crippen molar-refractivity contribution in [3.8, 4) is 0 Å². The highest BCUT2D eigenvalue weighted by molar-refractivity contribution is 7.88. The Hall–Kier alpha value is -0.740. The van der Waals surface area contributed by atoms with Gasteiger partial charge >= 0.3 is 0 Å². The number of carbonyl (C=O) groups excluding carboxylic acids is 1. The van der Waals surface area contributed by atoms with Crippen LogP contribution in [0.5, 0.6) is 0 Å². The molecule has 0 saturated carbocycles. The maximum absolute atomic E-state index is 11.9. The number of likely N-dealkylation sites (N-methyl/N-ethyl adjacent to an activating group) is 1. The highest BCUT2D eigenvalue weighted by atomic mass is 32.2. The van der Waals surface area contributed by atoms with Crippen molar-refractivity contribution < 1.29 is 22.7 Å². The second-order valence-corrected chi connectivity index (χ2v) is 8.16. The highest BCUT2D eigenvalue weighted by Crippen LogP contribution is 2.24. The molecule has 1 atom stereocenters. The predicted molar refractivity (Wildman–Crippen MR) is 81.1 cm³/mol. The van der Waals surface area contributed by atoms with Crippen LogP contribution in [0.25, 0.3) is 0 Å². The number of hydrogen-bond donors (Lipinski definition) is 0. The molecule has 22 heavy (non-hydrogen) atoms. The Morgan fingerprint density at radius 1 is 1.23 bits per heavy atom. The van der Waals surface area contributed by atoms with Gasteiger partial charge in [0.25, 0.3) is 0 Å². The summed E-state index contributed by atoms with van der Waals surface area (Å²) < 4.78 is 36.5. The van der Waals surface area contributed by atoms with Gasteiger partial charge in [0.2, 0.25) is 15.9 Å². The van der Waals surface area contributed by atoms with E-state index in [0.717, 1.165) is 0 Å². The maximum atomic E-state index is 11.9. The van der Waals surface area contributed by atoms with Crippen molar-refractivity contribution in [2.24, 2.45) is 0 Å². The molecule has 2 rings (SSSR count). The third-order valence-electron chi connectivity index (χ3n) is 3.97. The number of sulfonamides is 1. The molecule has 0 aliphatic carbocycles. The van der Waals surface area contributed by atoms with Crippen molar-refractivity contribution in [1.29, 1.82) is 0 Å². The van der Waals surface area contributed by atoms with Gasteiger partial charge in [-0.25, -0.2) is 8.42 Å². The molecule has 2 aliphatic heterocycles. The summed E-state index contributed by atoms with van der Waals surface area (Å²) in [5.41, 5.74) is -0.704. The molecule has 0 unspecified atom stereocenters. The summed E-state index contributed by atoms with van der Waals surface area (Å²) in [5, 5.41) is 0. The van der Waals surface area contributed by atoms with Crippen molar-refractivity contribution in [1.82, 2.24) is 14.1 Å². The predicted octanol–water partition coefficient (Wildman–Crippen LogP) is -1.56. The van der Waals surface area contributed by atoms with Crippen LogP contribution in [0.3, 0.4) is 0 Å². The van der Waals surface area contributed by atoms with E-state index in [-0.39, 0.29) is 19.0 Å². The summed E-state index contributed by atoms with van der Waals surface area (Å²) in [7, 11) is 0.171. The first kappa shape index (κ1) is 17.6. The van der Waals surface area contributed by atoms with E-state index in [4.69, 9.17) is 9.47 Å². The van der Waals surface area contributed by atoms with E-state index < -0.39 is 15.6 Å². The lowest BCUT2D eigenvalue weighted by Crippen LogP contribution is -2.60. The number of carbonyl (C=O) groups is 1. The molecule has 0 aromatic rings. The minimum absolute atomic E-state index is 0.00725. The van der Waals surface area contributed by atoms with Gasteiger partial charge in [0, 0.05) is 40.3 Å². The molecule has 2 aliphatic rings. The van der Waals surface area contributed by atoms with Crippen molar-refractivity contribution in [2.75, 3.05) is 72.9 Å². The van der Waals surface area contributed by atoms with Crippen LogP contribution in [-0.2, 0) is 24.3 Å². The molecule has 128 valence electrons.